The van der Waals surface area contributed by atoms with Gasteiger partial charge in [0, 0.05) is 19.2 Å². The molecule has 1 heterocycles. The summed E-state index contributed by atoms with van der Waals surface area (Å²) in [4.78, 5) is 2.44. The highest BCUT2D eigenvalue weighted by Gasteiger charge is 2.19. The van der Waals surface area contributed by atoms with E-state index in [-0.39, 0.29) is 0 Å². The van der Waals surface area contributed by atoms with Gasteiger partial charge in [-0.25, -0.2) is 0 Å². The van der Waals surface area contributed by atoms with Gasteiger partial charge >= 0.3 is 0 Å². The molecule has 0 aliphatic carbocycles. The zero-order chi connectivity index (χ0) is 14.9. The lowest BCUT2D eigenvalue weighted by molar-refractivity contribution is 0.0863. The Hall–Kier alpha value is -1.10. The highest BCUT2D eigenvalue weighted by Crippen LogP contribution is 2.17. The second-order valence-corrected chi connectivity index (χ2v) is 5.70. The van der Waals surface area contributed by atoms with Crippen LogP contribution in [0.5, 0.6) is 5.75 Å². The zero-order valence-electron chi connectivity index (χ0n) is 13.3. The summed E-state index contributed by atoms with van der Waals surface area (Å²) >= 11 is 0. The topological polar surface area (TPSA) is 33.7 Å². The van der Waals surface area contributed by atoms with E-state index in [1.54, 1.807) is 0 Å². The molecule has 0 amide bonds. The summed E-state index contributed by atoms with van der Waals surface area (Å²) < 4.78 is 11.3. The van der Waals surface area contributed by atoms with Gasteiger partial charge in [0.2, 0.25) is 0 Å². The van der Waals surface area contributed by atoms with E-state index in [0.717, 1.165) is 25.3 Å². The lowest BCUT2D eigenvalue weighted by Crippen LogP contribution is -2.26. The molecule has 1 atom stereocenters. The highest BCUT2D eigenvalue weighted by molar-refractivity contribution is 5.27. The number of nitrogens with one attached hydrogen (secondary N) is 1. The first-order chi connectivity index (χ1) is 10.3. The molecule has 0 spiro atoms. The van der Waals surface area contributed by atoms with Gasteiger partial charge < -0.3 is 19.7 Å². The van der Waals surface area contributed by atoms with Crippen LogP contribution in [0.2, 0.25) is 0 Å². The second-order valence-electron chi connectivity index (χ2n) is 5.70. The van der Waals surface area contributed by atoms with Crippen molar-refractivity contribution in [3.05, 3.63) is 29.8 Å². The quantitative estimate of drug-likeness (QED) is 0.708. The van der Waals surface area contributed by atoms with Gasteiger partial charge in [-0.3, -0.25) is 0 Å². The molecule has 118 valence electrons. The Morgan fingerprint density at radius 3 is 2.67 bits per heavy atom. The van der Waals surface area contributed by atoms with Gasteiger partial charge in [0.15, 0.2) is 0 Å². The maximum atomic E-state index is 5.68. The van der Waals surface area contributed by atoms with Crippen LogP contribution >= 0.6 is 0 Å². The van der Waals surface area contributed by atoms with Gasteiger partial charge in [-0.2, -0.15) is 0 Å². The maximum Gasteiger partial charge on any atom is 0.119 e. The first-order valence-electron chi connectivity index (χ1n) is 7.94. The van der Waals surface area contributed by atoms with E-state index in [1.165, 1.54) is 24.9 Å². The fourth-order valence-electron chi connectivity index (χ4n) is 2.79. The van der Waals surface area contributed by atoms with Crippen LogP contribution in [0.1, 0.15) is 24.8 Å². The van der Waals surface area contributed by atoms with Crippen LogP contribution < -0.4 is 10.1 Å². The third-order valence-electron chi connectivity index (χ3n) is 4.07. The number of hydrogen-bond acceptors (Lipinski definition) is 4. The number of likely N-dealkylation sites (tertiary alicyclic amines) is 1. The Kier molecular flexibility index (Phi) is 7.00. The van der Waals surface area contributed by atoms with Crippen LogP contribution in [-0.2, 0) is 11.3 Å². The fourth-order valence-corrected chi connectivity index (χ4v) is 2.79. The molecule has 1 fully saturated rings. The number of hydrogen-bond donors (Lipinski definition) is 1. The van der Waals surface area contributed by atoms with Gasteiger partial charge in [0.25, 0.3) is 0 Å². The maximum absolute atomic E-state index is 5.68. The predicted molar refractivity (Wildman–Crippen MR) is 85.8 cm³/mol. The molecule has 0 bridgehead atoms. The normalized spacial score (nSPS) is 19.0. The van der Waals surface area contributed by atoms with Crippen LogP contribution in [0.15, 0.2) is 24.3 Å². The van der Waals surface area contributed by atoms with Crippen molar-refractivity contribution >= 4 is 0 Å². The molecule has 0 radical (unpaired) electrons. The highest BCUT2D eigenvalue weighted by atomic mass is 16.5. The largest absolute Gasteiger partial charge is 0.491 e. The van der Waals surface area contributed by atoms with E-state index < -0.39 is 0 Å². The summed E-state index contributed by atoms with van der Waals surface area (Å²) in [6.07, 6.45) is 3.78. The Morgan fingerprint density at radius 1 is 1.19 bits per heavy atom. The van der Waals surface area contributed by atoms with Gasteiger partial charge in [-0.15, -0.1) is 0 Å². The molecule has 4 heteroatoms. The standard InChI is InChI=1S/C17H28N2O2/c1-18-14-15-5-7-17(8-6-15)21-13-12-20-11-9-16-4-3-10-19(16)2/h5-8,16,18H,3-4,9-14H2,1-2H3. The van der Waals surface area contributed by atoms with E-state index in [2.05, 4.69) is 29.4 Å². The van der Waals surface area contributed by atoms with Crippen molar-refractivity contribution < 1.29 is 9.47 Å². The average Bonchev–Trinajstić information content (AvgIpc) is 2.90. The fraction of sp³-hybridized carbons (Fsp3) is 0.647. The summed E-state index contributed by atoms with van der Waals surface area (Å²) in [5.74, 6) is 0.911. The van der Waals surface area contributed by atoms with Gasteiger partial charge in [-0.05, 0) is 57.6 Å². The number of ether oxygens (including phenoxy) is 2. The van der Waals surface area contributed by atoms with Crippen molar-refractivity contribution in [3.8, 4) is 5.75 Å². The Morgan fingerprint density at radius 2 is 2.00 bits per heavy atom. The molecule has 1 unspecified atom stereocenters. The van der Waals surface area contributed by atoms with Crippen LogP contribution in [-0.4, -0.2) is 51.4 Å². The van der Waals surface area contributed by atoms with Crippen molar-refractivity contribution in [2.75, 3.05) is 40.5 Å². The lowest BCUT2D eigenvalue weighted by Gasteiger charge is -2.18. The molecule has 4 nitrogen and oxygen atoms in total. The molecule has 0 saturated carbocycles. The third-order valence-corrected chi connectivity index (χ3v) is 4.07. The molecular formula is C17H28N2O2. The smallest absolute Gasteiger partial charge is 0.119 e. The van der Waals surface area contributed by atoms with Crippen LogP contribution in [0.25, 0.3) is 0 Å². The van der Waals surface area contributed by atoms with Crippen LogP contribution in [0.4, 0.5) is 0 Å². The number of rotatable bonds is 9. The summed E-state index contributed by atoms with van der Waals surface area (Å²) in [6, 6.07) is 8.91. The molecular weight excluding hydrogens is 264 g/mol. The molecule has 1 saturated heterocycles. The van der Waals surface area contributed by atoms with Crippen molar-refractivity contribution in [1.82, 2.24) is 10.2 Å². The summed E-state index contributed by atoms with van der Waals surface area (Å²) in [5, 5.41) is 3.13. The molecule has 1 aliphatic heterocycles. The van der Waals surface area contributed by atoms with Crippen LogP contribution in [0.3, 0.4) is 0 Å². The Labute approximate surface area is 128 Å². The Bertz CT molecular complexity index is 394. The zero-order valence-corrected chi connectivity index (χ0v) is 13.3. The van der Waals surface area contributed by atoms with Gasteiger partial charge in [0.1, 0.15) is 12.4 Å². The average molecular weight is 292 g/mol. The molecule has 1 N–H and O–H groups in total. The molecule has 1 aromatic carbocycles. The number of nitrogens with zero attached hydrogens (tertiary/aromatic N) is 1. The van der Waals surface area contributed by atoms with E-state index in [1.807, 2.05) is 19.2 Å². The van der Waals surface area contributed by atoms with Crippen molar-refractivity contribution in [1.29, 1.82) is 0 Å². The monoisotopic (exact) mass is 292 g/mol. The predicted octanol–water partition coefficient (Wildman–Crippen LogP) is 2.29. The first-order valence-corrected chi connectivity index (χ1v) is 7.94. The van der Waals surface area contributed by atoms with E-state index >= 15 is 0 Å². The molecule has 0 aromatic heterocycles. The second kappa shape index (κ2) is 9.03. The van der Waals surface area contributed by atoms with Crippen LogP contribution in [0, 0.1) is 0 Å². The molecule has 2 rings (SSSR count). The molecule has 1 aliphatic rings. The van der Waals surface area contributed by atoms with Crippen molar-refractivity contribution in [3.63, 3.8) is 0 Å². The van der Waals surface area contributed by atoms with E-state index in [4.69, 9.17) is 9.47 Å². The van der Waals surface area contributed by atoms with Crippen molar-refractivity contribution in [2.24, 2.45) is 0 Å². The third kappa shape index (κ3) is 5.65. The minimum atomic E-state index is 0.617. The van der Waals surface area contributed by atoms with Gasteiger partial charge in [-0.1, -0.05) is 12.1 Å². The lowest BCUT2D eigenvalue weighted by atomic mass is 10.1. The van der Waals surface area contributed by atoms with E-state index in [9.17, 15) is 0 Å². The van der Waals surface area contributed by atoms with Crippen molar-refractivity contribution in [2.45, 2.75) is 31.8 Å². The summed E-state index contributed by atoms with van der Waals surface area (Å²) in [7, 11) is 4.16. The van der Waals surface area contributed by atoms with Gasteiger partial charge in [0.05, 0.1) is 6.61 Å². The molecule has 1 aromatic rings. The number of benzene rings is 1. The summed E-state index contributed by atoms with van der Waals surface area (Å²) in [6.45, 7) is 4.23. The minimum Gasteiger partial charge on any atom is -0.491 e. The van der Waals surface area contributed by atoms with E-state index in [0.29, 0.717) is 19.3 Å². The SMILES string of the molecule is CNCc1ccc(OCCOCCC2CCCN2C)cc1. The Balaban J connectivity index is 1.53. The summed E-state index contributed by atoms with van der Waals surface area (Å²) in [5.41, 5.74) is 1.27. The molecule has 21 heavy (non-hydrogen) atoms. The minimum absolute atomic E-state index is 0.617. The first kappa shape index (κ1) is 16.3.